The van der Waals surface area contributed by atoms with Crippen LogP contribution >= 0.6 is 39.3 Å². The minimum Gasteiger partial charge on any atom is -0.503 e. The molecule has 2 rings (SSSR count). The summed E-state index contributed by atoms with van der Waals surface area (Å²) in [4.78, 5) is 0. The van der Waals surface area contributed by atoms with Crippen molar-refractivity contribution in [1.29, 1.82) is 0 Å². The van der Waals surface area contributed by atoms with Gasteiger partial charge in [0, 0.05) is 29.2 Å². The minimum absolute atomic E-state index is 0.184. The average molecular weight is 327 g/mol. The van der Waals surface area contributed by atoms with Gasteiger partial charge >= 0.3 is 0 Å². The number of phenolic OH excluding ortho intramolecular Hbond substituents is 2. The van der Waals surface area contributed by atoms with Crippen molar-refractivity contribution in [3.63, 3.8) is 0 Å². The van der Waals surface area contributed by atoms with E-state index in [2.05, 4.69) is 16.1 Å². The molecule has 0 aliphatic carbocycles. The van der Waals surface area contributed by atoms with Crippen molar-refractivity contribution in [1.82, 2.24) is 3.93 Å². The van der Waals surface area contributed by atoms with Crippen LogP contribution in [0.5, 0.6) is 11.5 Å². The molecule has 0 amide bonds. The molecule has 0 fully saturated rings. The van der Waals surface area contributed by atoms with Crippen LogP contribution < -0.4 is 0 Å². The van der Waals surface area contributed by atoms with Crippen LogP contribution in [0, 0.1) is 0 Å². The number of halogens is 3. The van der Waals surface area contributed by atoms with Gasteiger partial charge in [0.1, 0.15) is 0 Å². The minimum atomic E-state index is -0.340. The van der Waals surface area contributed by atoms with Gasteiger partial charge in [0.2, 0.25) is 0 Å². The van der Waals surface area contributed by atoms with Crippen LogP contribution in [-0.4, -0.2) is 20.7 Å². The first-order chi connectivity index (χ1) is 7.52. The zero-order chi connectivity index (χ0) is 11.9. The van der Waals surface area contributed by atoms with Gasteiger partial charge in [-0.1, -0.05) is 23.2 Å². The molecule has 0 saturated heterocycles. The number of hydrogen-bond donors (Lipinski definition) is 2. The summed E-state index contributed by atoms with van der Waals surface area (Å²) < 4.78 is 1.93. The first-order valence-electron chi connectivity index (χ1n) is 4.83. The first kappa shape index (κ1) is 12.3. The van der Waals surface area contributed by atoms with Crippen molar-refractivity contribution in [3.8, 4) is 11.5 Å². The molecule has 1 aliphatic heterocycles. The maximum atomic E-state index is 9.62. The fraction of sp³-hybridized carbons (Fsp3) is 0.400. The molecule has 0 radical (unpaired) electrons. The Morgan fingerprint density at radius 1 is 1.06 bits per heavy atom. The topological polar surface area (TPSA) is 43.7 Å². The molecular weight excluding hydrogens is 317 g/mol. The first-order valence-corrected chi connectivity index (χ1v) is 6.30. The Morgan fingerprint density at radius 2 is 1.62 bits per heavy atom. The van der Waals surface area contributed by atoms with Gasteiger partial charge in [0.05, 0.1) is 10.0 Å². The smallest absolute Gasteiger partial charge is 0.178 e. The summed E-state index contributed by atoms with van der Waals surface area (Å²) in [7, 11) is 0. The Labute approximate surface area is 112 Å². The van der Waals surface area contributed by atoms with Gasteiger partial charge in [0.15, 0.2) is 11.5 Å². The van der Waals surface area contributed by atoms with Gasteiger partial charge in [-0.3, -0.25) is 0 Å². The van der Waals surface area contributed by atoms with E-state index in [1.165, 1.54) is 0 Å². The molecule has 1 aromatic rings. The second-order valence-corrected chi connectivity index (χ2v) is 5.49. The van der Waals surface area contributed by atoms with Crippen molar-refractivity contribution in [2.24, 2.45) is 0 Å². The van der Waals surface area contributed by atoms with Gasteiger partial charge in [-0.2, -0.15) is 0 Å². The number of aromatic hydroxyl groups is 2. The summed E-state index contributed by atoms with van der Waals surface area (Å²) in [6, 6.07) is 0. The highest BCUT2D eigenvalue weighted by atomic mass is 79.9. The highest BCUT2D eigenvalue weighted by Crippen LogP contribution is 2.46. The molecule has 88 valence electrons. The predicted octanol–water partition coefficient (Wildman–Crippen LogP) is 3.46. The molecule has 2 N–H and O–H groups in total. The summed E-state index contributed by atoms with van der Waals surface area (Å²) in [6.45, 7) is 1.42. The van der Waals surface area contributed by atoms with Crippen LogP contribution in [-0.2, 0) is 13.0 Å². The van der Waals surface area contributed by atoms with Gasteiger partial charge in [-0.05, 0) is 24.0 Å². The van der Waals surface area contributed by atoms with E-state index in [-0.39, 0.29) is 21.5 Å². The molecular formula is C10H10BrCl2NO2. The van der Waals surface area contributed by atoms with Crippen LogP contribution in [0.2, 0.25) is 10.0 Å². The van der Waals surface area contributed by atoms with Gasteiger partial charge in [0.25, 0.3) is 0 Å². The normalized spacial score (nSPS) is 16.9. The predicted molar refractivity (Wildman–Crippen MR) is 67.4 cm³/mol. The van der Waals surface area contributed by atoms with Crippen molar-refractivity contribution < 1.29 is 10.2 Å². The van der Waals surface area contributed by atoms with Crippen molar-refractivity contribution in [2.75, 3.05) is 6.54 Å². The van der Waals surface area contributed by atoms with E-state index in [4.69, 9.17) is 23.2 Å². The molecule has 16 heavy (non-hydrogen) atoms. The molecule has 0 unspecified atom stereocenters. The second-order valence-electron chi connectivity index (χ2n) is 3.73. The number of rotatable bonds is 0. The molecule has 1 aromatic carbocycles. The highest BCUT2D eigenvalue weighted by molar-refractivity contribution is 9.07. The summed E-state index contributed by atoms with van der Waals surface area (Å²) in [6.07, 6.45) is 1.66. The maximum absolute atomic E-state index is 9.62. The molecule has 3 nitrogen and oxygen atoms in total. The Balaban J connectivity index is 2.64. The van der Waals surface area contributed by atoms with Crippen LogP contribution in [0.3, 0.4) is 0 Å². The van der Waals surface area contributed by atoms with E-state index in [1.807, 2.05) is 3.93 Å². The molecule has 0 aromatic heterocycles. The number of fused-ring (bicyclic) bond motifs is 1. The fourth-order valence-corrected chi connectivity index (χ4v) is 2.93. The lowest BCUT2D eigenvalue weighted by molar-refractivity contribution is 0.402. The van der Waals surface area contributed by atoms with E-state index in [1.54, 1.807) is 0 Å². The Bertz CT molecular complexity index is 440. The lowest BCUT2D eigenvalue weighted by Crippen LogP contribution is -2.10. The molecule has 0 spiro atoms. The summed E-state index contributed by atoms with van der Waals surface area (Å²) in [5.41, 5.74) is 1.60. The summed E-state index contributed by atoms with van der Waals surface area (Å²) in [5, 5.41) is 19.6. The zero-order valence-corrected chi connectivity index (χ0v) is 11.4. The SMILES string of the molecule is Oc1c(O)c(Cl)c2c(c1Cl)CCCN(Br)C2. The maximum Gasteiger partial charge on any atom is 0.178 e. The van der Waals surface area contributed by atoms with E-state index in [9.17, 15) is 10.2 Å². The Morgan fingerprint density at radius 3 is 2.25 bits per heavy atom. The molecule has 1 aliphatic rings. The lowest BCUT2D eigenvalue weighted by Gasteiger charge is -2.15. The van der Waals surface area contributed by atoms with Crippen molar-refractivity contribution in [2.45, 2.75) is 19.4 Å². The third-order valence-corrected chi connectivity index (χ3v) is 4.11. The summed E-state index contributed by atoms with van der Waals surface area (Å²) >= 11 is 15.4. The molecule has 1 heterocycles. The van der Waals surface area contributed by atoms with E-state index in [0.717, 1.165) is 30.5 Å². The zero-order valence-electron chi connectivity index (χ0n) is 8.30. The second kappa shape index (κ2) is 4.61. The largest absolute Gasteiger partial charge is 0.503 e. The molecule has 0 saturated carbocycles. The van der Waals surface area contributed by atoms with E-state index in [0.29, 0.717) is 6.54 Å². The van der Waals surface area contributed by atoms with Crippen LogP contribution in [0.1, 0.15) is 17.5 Å². The van der Waals surface area contributed by atoms with E-state index >= 15 is 0 Å². The van der Waals surface area contributed by atoms with Crippen molar-refractivity contribution in [3.05, 3.63) is 21.2 Å². The Kier molecular flexibility index (Phi) is 3.54. The third kappa shape index (κ3) is 1.99. The molecule has 0 atom stereocenters. The molecule has 0 bridgehead atoms. The highest BCUT2D eigenvalue weighted by Gasteiger charge is 2.24. The monoisotopic (exact) mass is 325 g/mol. The molecule has 6 heteroatoms. The number of nitrogens with zero attached hydrogens (tertiary/aromatic N) is 1. The van der Waals surface area contributed by atoms with Gasteiger partial charge < -0.3 is 10.2 Å². The number of benzene rings is 1. The van der Waals surface area contributed by atoms with Gasteiger partial charge in [-0.15, -0.1) is 0 Å². The quantitative estimate of drug-likeness (QED) is 0.567. The average Bonchev–Trinajstić information content (AvgIpc) is 2.45. The van der Waals surface area contributed by atoms with Crippen LogP contribution in [0.4, 0.5) is 0 Å². The summed E-state index contributed by atoms with van der Waals surface area (Å²) in [5.74, 6) is -0.665. The third-order valence-electron chi connectivity index (χ3n) is 2.69. The fourth-order valence-electron chi connectivity index (χ4n) is 1.86. The Hall–Kier alpha value is -0.160. The van der Waals surface area contributed by atoms with Crippen LogP contribution in [0.15, 0.2) is 0 Å². The standard InChI is InChI=1S/C10H10BrCl2NO2/c11-14-3-1-2-5-6(4-14)8(13)10(16)9(15)7(5)12/h15-16H,1-4H2. The van der Waals surface area contributed by atoms with Gasteiger partial charge in [-0.25, -0.2) is 3.93 Å². The van der Waals surface area contributed by atoms with Crippen LogP contribution in [0.25, 0.3) is 0 Å². The lowest BCUT2D eigenvalue weighted by atomic mass is 10.0. The number of hydrogen-bond acceptors (Lipinski definition) is 3. The van der Waals surface area contributed by atoms with Crippen molar-refractivity contribution >= 4 is 39.3 Å². The van der Waals surface area contributed by atoms with E-state index < -0.39 is 0 Å². The number of phenols is 2.